The summed E-state index contributed by atoms with van der Waals surface area (Å²) in [4.78, 5) is 42.0. The van der Waals surface area contributed by atoms with Gasteiger partial charge in [0.2, 0.25) is 0 Å². The molecule has 3 rings (SSSR count). The van der Waals surface area contributed by atoms with Crippen molar-refractivity contribution in [1.82, 2.24) is 9.55 Å². The summed E-state index contributed by atoms with van der Waals surface area (Å²) in [6, 6.07) is 7.49. The standard InChI is InChI=1S/C21H28N4O4/c1-4-5-10-24-18(22)17(19(26)23-21(24)28)25(12-13(2)3)20(27)16-11-14-8-6-7-9-15(14)29-16/h6-9,13,16H,4-5,10-12,22H2,1-3H3,(H,23,26,28). The average molecular weight is 400 g/mol. The van der Waals surface area contributed by atoms with Crippen LogP contribution in [0.4, 0.5) is 11.5 Å². The molecular formula is C21H28N4O4. The van der Waals surface area contributed by atoms with Gasteiger partial charge in [-0.05, 0) is 24.0 Å². The van der Waals surface area contributed by atoms with Gasteiger partial charge in [0.15, 0.2) is 11.8 Å². The summed E-state index contributed by atoms with van der Waals surface area (Å²) in [6.45, 7) is 6.55. The normalized spacial score (nSPS) is 15.2. The summed E-state index contributed by atoms with van der Waals surface area (Å²) >= 11 is 0. The highest BCUT2D eigenvalue weighted by atomic mass is 16.5. The number of anilines is 2. The number of carbonyl (C=O) groups is 1. The van der Waals surface area contributed by atoms with Crippen molar-refractivity contribution in [2.45, 2.75) is 52.7 Å². The number of nitrogens with one attached hydrogen (secondary N) is 1. The number of rotatable bonds is 7. The summed E-state index contributed by atoms with van der Waals surface area (Å²) in [5.41, 5.74) is 5.97. The fourth-order valence-electron chi connectivity index (χ4n) is 3.53. The fraction of sp³-hybridized carbons (Fsp3) is 0.476. The molecule has 0 spiro atoms. The van der Waals surface area contributed by atoms with Gasteiger partial charge < -0.3 is 15.4 Å². The molecule has 0 bridgehead atoms. The smallest absolute Gasteiger partial charge is 0.330 e. The number of nitrogens with two attached hydrogens (primary N) is 1. The Morgan fingerprint density at radius 2 is 2.07 bits per heavy atom. The van der Waals surface area contributed by atoms with Crippen LogP contribution >= 0.6 is 0 Å². The molecule has 3 N–H and O–H groups in total. The second-order valence-corrected chi connectivity index (χ2v) is 7.76. The van der Waals surface area contributed by atoms with E-state index in [2.05, 4.69) is 4.98 Å². The quantitative estimate of drug-likeness (QED) is 0.738. The molecule has 2 aromatic rings. The van der Waals surface area contributed by atoms with Crippen molar-refractivity contribution in [1.29, 1.82) is 0 Å². The number of H-pyrrole nitrogens is 1. The molecule has 156 valence electrons. The molecule has 1 unspecified atom stereocenters. The summed E-state index contributed by atoms with van der Waals surface area (Å²) in [6.07, 6.45) is 1.29. The van der Waals surface area contributed by atoms with Crippen LogP contribution in [0.1, 0.15) is 39.2 Å². The molecular weight excluding hydrogens is 372 g/mol. The van der Waals surface area contributed by atoms with Crippen LogP contribution in [0.25, 0.3) is 0 Å². The highest BCUT2D eigenvalue weighted by Gasteiger charge is 2.35. The van der Waals surface area contributed by atoms with Gasteiger partial charge in [0.1, 0.15) is 11.6 Å². The van der Waals surface area contributed by atoms with E-state index in [4.69, 9.17) is 10.5 Å². The first-order valence-corrected chi connectivity index (χ1v) is 10.0. The Hall–Kier alpha value is -3.03. The van der Waals surface area contributed by atoms with Crippen LogP contribution in [0.5, 0.6) is 5.75 Å². The SMILES string of the molecule is CCCCn1c(N)c(N(CC(C)C)C(=O)C2Cc3ccccc3O2)c(=O)[nH]c1=O. The maximum absolute atomic E-state index is 13.4. The highest BCUT2D eigenvalue weighted by molar-refractivity contribution is 5.99. The van der Waals surface area contributed by atoms with Gasteiger partial charge in [0.25, 0.3) is 11.5 Å². The maximum atomic E-state index is 13.4. The minimum absolute atomic E-state index is 0.0108. The first kappa shape index (κ1) is 20.7. The lowest BCUT2D eigenvalue weighted by Gasteiger charge is -2.28. The Morgan fingerprint density at radius 3 is 2.72 bits per heavy atom. The van der Waals surface area contributed by atoms with Crippen molar-refractivity contribution in [2.24, 2.45) is 5.92 Å². The Balaban J connectivity index is 2.00. The summed E-state index contributed by atoms with van der Waals surface area (Å²) < 4.78 is 7.16. The Bertz CT molecular complexity index is 983. The number of benzene rings is 1. The lowest BCUT2D eigenvalue weighted by Crippen LogP contribution is -2.47. The van der Waals surface area contributed by atoms with Crippen LogP contribution in [-0.4, -0.2) is 28.1 Å². The molecule has 1 amide bonds. The fourth-order valence-corrected chi connectivity index (χ4v) is 3.53. The highest BCUT2D eigenvalue weighted by Crippen LogP contribution is 2.30. The number of amides is 1. The number of nitrogens with zero attached hydrogens (tertiary/aromatic N) is 2. The summed E-state index contributed by atoms with van der Waals surface area (Å²) in [5, 5.41) is 0. The first-order valence-electron chi connectivity index (χ1n) is 10.0. The molecule has 1 aliphatic heterocycles. The zero-order valence-corrected chi connectivity index (χ0v) is 17.1. The van der Waals surface area contributed by atoms with Crippen LogP contribution in [-0.2, 0) is 17.8 Å². The third-order valence-corrected chi connectivity index (χ3v) is 4.96. The Kier molecular flexibility index (Phi) is 6.10. The average Bonchev–Trinajstić information content (AvgIpc) is 3.10. The number of unbranched alkanes of at least 4 members (excludes halogenated alkanes) is 1. The predicted molar refractivity (Wildman–Crippen MR) is 112 cm³/mol. The van der Waals surface area contributed by atoms with Crippen LogP contribution in [0.3, 0.4) is 0 Å². The number of ether oxygens (including phenoxy) is 1. The third kappa shape index (κ3) is 4.21. The van der Waals surface area contributed by atoms with E-state index in [0.29, 0.717) is 18.7 Å². The van der Waals surface area contributed by atoms with Gasteiger partial charge in [-0.25, -0.2) is 4.79 Å². The molecule has 1 atom stereocenters. The van der Waals surface area contributed by atoms with Crippen LogP contribution in [0, 0.1) is 5.92 Å². The predicted octanol–water partition coefficient (Wildman–Crippen LogP) is 1.91. The molecule has 1 aromatic carbocycles. The summed E-state index contributed by atoms with van der Waals surface area (Å²) in [7, 11) is 0. The number of fused-ring (bicyclic) bond motifs is 1. The van der Waals surface area contributed by atoms with Gasteiger partial charge in [-0.15, -0.1) is 0 Å². The molecule has 1 aliphatic rings. The van der Waals surface area contributed by atoms with Crippen molar-refractivity contribution in [3.63, 3.8) is 0 Å². The van der Waals surface area contributed by atoms with Crippen LogP contribution in [0.2, 0.25) is 0 Å². The zero-order chi connectivity index (χ0) is 21.1. The summed E-state index contributed by atoms with van der Waals surface area (Å²) in [5.74, 6) is 0.423. The van der Waals surface area contributed by atoms with Crippen molar-refractivity contribution in [3.05, 3.63) is 50.7 Å². The lowest BCUT2D eigenvalue weighted by molar-refractivity contribution is -0.124. The van der Waals surface area contributed by atoms with E-state index in [1.54, 1.807) is 0 Å². The Morgan fingerprint density at radius 1 is 1.34 bits per heavy atom. The number of carbonyl (C=O) groups excluding carboxylic acids is 1. The van der Waals surface area contributed by atoms with E-state index in [-0.39, 0.29) is 29.9 Å². The molecule has 8 nitrogen and oxygen atoms in total. The van der Waals surface area contributed by atoms with Gasteiger partial charge in [-0.1, -0.05) is 45.4 Å². The van der Waals surface area contributed by atoms with Crippen molar-refractivity contribution in [3.8, 4) is 5.75 Å². The van der Waals surface area contributed by atoms with Gasteiger partial charge in [0, 0.05) is 19.5 Å². The van der Waals surface area contributed by atoms with E-state index in [0.717, 1.165) is 18.4 Å². The minimum Gasteiger partial charge on any atom is -0.480 e. The van der Waals surface area contributed by atoms with E-state index < -0.39 is 17.4 Å². The van der Waals surface area contributed by atoms with Crippen LogP contribution < -0.4 is 26.6 Å². The maximum Gasteiger partial charge on any atom is 0.330 e. The lowest BCUT2D eigenvalue weighted by atomic mass is 10.1. The second-order valence-electron chi connectivity index (χ2n) is 7.76. The molecule has 1 aromatic heterocycles. The van der Waals surface area contributed by atoms with Crippen LogP contribution in [0.15, 0.2) is 33.9 Å². The first-order chi connectivity index (χ1) is 13.8. The third-order valence-electron chi connectivity index (χ3n) is 4.96. The molecule has 0 saturated carbocycles. The number of hydrogen-bond acceptors (Lipinski definition) is 5. The van der Waals surface area contributed by atoms with Gasteiger partial charge in [0.05, 0.1) is 0 Å². The molecule has 0 aliphatic carbocycles. The molecule has 0 radical (unpaired) electrons. The number of para-hydroxylation sites is 1. The topological polar surface area (TPSA) is 110 Å². The van der Waals surface area contributed by atoms with E-state index in [1.807, 2.05) is 45.0 Å². The van der Waals surface area contributed by atoms with Crippen molar-refractivity contribution < 1.29 is 9.53 Å². The zero-order valence-electron chi connectivity index (χ0n) is 17.1. The molecule has 8 heteroatoms. The number of nitrogen functional groups attached to an aromatic ring is 1. The molecule has 0 saturated heterocycles. The number of hydrogen-bond donors (Lipinski definition) is 2. The van der Waals surface area contributed by atoms with E-state index >= 15 is 0 Å². The Labute approximate surface area is 169 Å². The number of aromatic nitrogens is 2. The number of aromatic amines is 1. The second kappa shape index (κ2) is 8.55. The van der Waals surface area contributed by atoms with Gasteiger partial charge in [-0.3, -0.25) is 19.1 Å². The van der Waals surface area contributed by atoms with E-state index in [1.165, 1.54) is 9.47 Å². The van der Waals surface area contributed by atoms with Gasteiger partial charge in [-0.2, -0.15) is 0 Å². The monoisotopic (exact) mass is 400 g/mol. The molecule has 29 heavy (non-hydrogen) atoms. The minimum atomic E-state index is -0.735. The van der Waals surface area contributed by atoms with E-state index in [9.17, 15) is 14.4 Å². The largest absolute Gasteiger partial charge is 0.480 e. The van der Waals surface area contributed by atoms with Crippen molar-refractivity contribution >= 4 is 17.4 Å². The van der Waals surface area contributed by atoms with Crippen molar-refractivity contribution in [2.75, 3.05) is 17.2 Å². The molecule has 2 heterocycles. The van der Waals surface area contributed by atoms with Gasteiger partial charge >= 0.3 is 5.69 Å². The molecule has 0 fully saturated rings.